The topological polar surface area (TPSA) is 63.6 Å². The molecule has 0 heterocycles. The molecule has 1 aliphatic rings. The summed E-state index contributed by atoms with van der Waals surface area (Å²) in [6.45, 7) is 2.27. The number of ketones is 1. The van der Waals surface area contributed by atoms with Gasteiger partial charge in [0.05, 0.1) is 11.1 Å². The highest BCUT2D eigenvalue weighted by Crippen LogP contribution is 2.38. The van der Waals surface area contributed by atoms with Gasteiger partial charge in [0.15, 0.2) is 5.78 Å². The maximum absolute atomic E-state index is 12.8. The van der Waals surface area contributed by atoms with E-state index in [9.17, 15) is 14.7 Å². The molecule has 0 amide bonds. The number of carbonyl (C=O) groups excluding carboxylic acids is 2. The predicted molar refractivity (Wildman–Crippen MR) is 164 cm³/mol. The normalized spacial score (nSPS) is 16.7. The highest BCUT2D eigenvalue weighted by atomic mass is 16.5. The quantitative estimate of drug-likeness (QED) is 0.0931. The molecule has 0 radical (unpaired) electrons. The van der Waals surface area contributed by atoms with Gasteiger partial charge in [0.1, 0.15) is 11.5 Å². The van der Waals surface area contributed by atoms with Crippen LogP contribution in [0, 0.1) is 5.92 Å². The molecule has 4 heteroatoms. The van der Waals surface area contributed by atoms with Crippen molar-refractivity contribution in [2.45, 2.75) is 64.2 Å². The van der Waals surface area contributed by atoms with Crippen molar-refractivity contribution < 1.29 is 19.4 Å². The maximum atomic E-state index is 12.8. The van der Waals surface area contributed by atoms with Crippen molar-refractivity contribution in [2.75, 3.05) is 0 Å². The molecule has 4 aromatic rings. The summed E-state index contributed by atoms with van der Waals surface area (Å²) in [5.74, 6) is 0.688. The summed E-state index contributed by atoms with van der Waals surface area (Å²) in [6.07, 6.45) is 10.7. The monoisotopic (exact) mass is 546 g/mol. The number of hydrogen-bond acceptors (Lipinski definition) is 4. The Morgan fingerprint density at radius 3 is 2.05 bits per heavy atom. The first-order chi connectivity index (χ1) is 20.0. The molecule has 0 spiro atoms. The Balaban J connectivity index is 1.17. The molecule has 41 heavy (non-hydrogen) atoms. The number of carbonyl (C=O) groups is 2. The molecular formula is C37H38O4. The van der Waals surface area contributed by atoms with Crippen LogP contribution in [0.5, 0.6) is 11.5 Å². The van der Waals surface area contributed by atoms with E-state index in [1.165, 1.54) is 75.1 Å². The third-order valence-electron chi connectivity index (χ3n) is 8.36. The summed E-state index contributed by atoms with van der Waals surface area (Å²) >= 11 is 0. The van der Waals surface area contributed by atoms with Gasteiger partial charge < -0.3 is 9.84 Å². The molecule has 0 aromatic heterocycles. The average molecular weight is 547 g/mol. The second kappa shape index (κ2) is 13.5. The van der Waals surface area contributed by atoms with Crippen molar-refractivity contribution in [3.63, 3.8) is 0 Å². The summed E-state index contributed by atoms with van der Waals surface area (Å²) in [6, 6.07) is 29.2. The van der Waals surface area contributed by atoms with Gasteiger partial charge in [-0.3, -0.25) is 4.79 Å². The van der Waals surface area contributed by atoms with Gasteiger partial charge in [-0.1, -0.05) is 99.3 Å². The number of hydrogen-bond donors (Lipinski definition) is 1. The number of phenols is 1. The first-order valence-electron chi connectivity index (χ1n) is 14.9. The highest BCUT2D eigenvalue weighted by Gasteiger charge is 2.22. The Bertz CT molecular complexity index is 1450. The van der Waals surface area contributed by atoms with Crippen LogP contribution in [0.25, 0.3) is 11.1 Å². The summed E-state index contributed by atoms with van der Waals surface area (Å²) in [4.78, 5) is 25.4. The molecule has 4 nitrogen and oxygen atoms in total. The molecule has 1 aliphatic carbocycles. The van der Waals surface area contributed by atoms with Crippen LogP contribution in [0.3, 0.4) is 0 Å². The zero-order valence-corrected chi connectivity index (χ0v) is 23.7. The van der Waals surface area contributed by atoms with E-state index in [1.54, 1.807) is 36.4 Å². The number of unbranched alkanes of at least 4 members (excludes halogenated alkanes) is 2. The number of benzene rings is 4. The zero-order chi connectivity index (χ0) is 28.6. The van der Waals surface area contributed by atoms with Crippen LogP contribution < -0.4 is 4.74 Å². The lowest BCUT2D eigenvalue weighted by Gasteiger charge is -2.29. The Morgan fingerprint density at radius 2 is 1.41 bits per heavy atom. The summed E-state index contributed by atoms with van der Waals surface area (Å²) < 4.78 is 5.47. The van der Waals surface area contributed by atoms with Crippen LogP contribution in [0.15, 0.2) is 97.1 Å². The molecule has 1 saturated carbocycles. The first-order valence-corrected chi connectivity index (χ1v) is 14.9. The molecule has 0 unspecified atom stereocenters. The largest absolute Gasteiger partial charge is 0.507 e. The molecule has 0 bridgehead atoms. The van der Waals surface area contributed by atoms with Crippen LogP contribution in [-0.2, 0) is 0 Å². The minimum absolute atomic E-state index is 0.154. The Labute approximate surface area is 243 Å². The van der Waals surface area contributed by atoms with Crippen LogP contribution in [0.4, 0.5) is 0 Å². The van der Waals surface area contributed by atoms with Gasteiger partial charge in [-0.05, 0) is 78.5 Å². The molecule has 4 aromatic carbocycles. The minimum Gasteiger partial charge on any atom is -0.507 e. The van der Waals surface area contributed by atoms with Crippen molar-refractivity contribution in [1.29, 1.82) is 0 Å². The fourth-order valence-electron chi connectivity index (χ4n) is 5.89. The molecule has 0 aliphatic heterocycles. The van der Waals surface area contributed by atoms with Gasteiger partial charge in [-0.25, -0.2) is 4.79 Å². The van der Waals surface area contributed by atoms with E-state index in [2.05, 4.69) is 31.2 Å². The van der Waals surface area contributed by atoms with E-state index >= 15 is 0 Å². The summed E-state index contributed by atoms with van der Waals surface area (Å²) in [7, 11) is 0. The highest BCUT2D eigenvalue weighted by molar-refractivity contribution is 6.10. The molecule has 210 valence electrons. The fourth-order valence-corrected chi connectivity index (χ4v) is 5.89. The van der Waals surface area contributed by atoms with Crippen LogP contribution in [-0.4, -0.2) is 16.9 Å². The van der Waals surface area contributed by atoms with Crippen molar-refractivity contribution in [3.8, 4) is 22.6 Å². The van der Waals surface area contributed by atoms with E-state index in [0.717, 1.165) is 17.0 Å². The lowest BCUT2D eigenvalue weighted by molar-refractivity contribution is 0.0734. The Morgan fingerprint density at radius 1 is 0.756 bits per heavy atom. The molecular weight excluding hydrogens is 508 g/mol. The lowest BCUT2D eigenvalue weighted by atomic mass is 9.77. The maximum Gasteiger partial charge on any atom is 0.343 e. The van der Waals surface area contributed by atoms with Crippen molar-refractivity contribution >= 4 is 11.8 Å². The average Bonchev–Trinajstić information content (AvgIpc) is 3.02. The number of esters is 1. The number of aromatic hydroxyl groups is 1. The van der Waals surface area contributed by atoms with E-state index in [0.29, 0.717) is 17.0 Å². The molecule has 5 rings (SSSR count). The molecule has 0 atom stereocenters. The number of phenolic OH excluding ortho intramolecular Hbond substituents is 1. The summed E-state index contributed by atoms with van der Waals surface area (Å²) in [5.41, 5.74) is 4.62. The smallest absolute Gasteiger partial charge is 0.343 e. The second-order valence-corrected chi connectivity index (χ2v) is 11.2. The van der Waals surface area contributed by atoms with Gasteiger partial charge in [0.25, 0.3) is 0 Å². The SMILES string of the molecule is CCCCCC1CCC(c2ccc(-c3ccc(C(=O)Oc4ccc(C(=O)c5ccccc5)c(O)c4)cc3)cc2)CC1. The van der Waals surface area contributed by atoms with Crippen LogP contribution in [0.2, 0.25) is 0 Å². The van der Waals surface area contributed by atoms with E-state index in [-0.39, 0.29) is 22.8 Å². The molecule has 0 saturated heterocycles. The Hall–Kier alpha value is -4.18. The Kier molecular flexibility index (Phi) is 9.30. The second-order valence-electron chi connectivity index (χ2n) is 11.2. The van der Waals surface area contributed by atoms with Gasteiger partial charge in [-0.15, -0.1) is 0 Å². The van der Waals surface area contributed by atoms with Crippen LogP contribution >= 0.6 is 0 Å². The van der Waals surface area contributed by atoms with E-state index in [1.807, 2.05) is 18.2 Å². The van der Waals surface area contributed by atoms with E-state index in [4.69, 9.17) is 4.74 Å². The number of ether oxygens (including phenoxy) is 1. The molecule has 1 N–H and O–H groups in total. The predicted octanol–water partition coefficient (Wildman–Crippen LogP) is 9.36. The van der Waals surface area contributed by atoms with E-state index < -0.39 is 5.97 Å². The first kappa shape index (κ1) is 28.4. The summed E-state index contributed by atoms with van der Waals surface area (Å²) in [5, 5.41) is 10.4. The van der Waals surface area contributed by atoms with Crippen molar-refractivity contribution in [2.24, 2.45) is 5.92 Å². The third-order valence-corrected chi connectivity index (χ3v) is 8.36. The van der Waals surface area contributed by atoms with Crippen LogP contribution in [0.1, 0.15) is 96.1 Å². The standard InChI is InChI=1S/C37H38O4/c1-2-3-5-8-26-11-13-27(14-12-26)28-15-17-29(18-16-28)30-19-21-32(22-20-30)37(40)41-33-23-24-34(35(38)25-33)36(39)31-9-6-4-7-10-31/h4,6-7,9-10,15-27,38H,2-3,5,8,11-14H2,1H3. The zero-order valence-electron chi connectivity index (χ0n) is 23.7. The lowest BCUT2D eigenvalue weighted by Crippen LogP contribution is -2.13. The van der Waals surface area contributed by atoms with Crippen molar-refractivity contribution in [3.05, 3.63) is 119 Å². The van der Waals surface area contributed by atoms with Gasteiger partial charge in [0, 0.05) is 11.6 Å². The fraction of sp³-hybridized carbons (Fsp3) is 0.297. The van der Waals surface area contributed by atoms with Gasteiger partial charge >= 0.3 is 5.97 Å². The molecule has 1 fully saturated rings. The van der Waals surface area contributed by atoms with Gasteiger partial charge in [0.2, 0.25) is 0 Å². The third kappa shape index (κ3) is 7.13. The number of rotatable bonds is 10. The van der Waals surface area contributed by atoms with Crippen molar-refractivity contribution in [1.82, 2.24) is 0 Å². The minimum atomic E-state index is -0.529. The van der Waals surface area contributed by atoms with Gasteiger partial charge in [-0.2, -0.15) is 0 Å².